The van der Waals surface area contributed by atoms with Gasteiger partial charge in [0, 0.05) is 5.56 Å². The fourth-order valence-electron chi connectivity index (χ4n) is 3.44. The minimum Gasteiger partial charge on any atom is -0.493 e. The van der Waals surface area contributed by atoms with Gasteiger partial charge >= 0.3 is 0 Å². The molecule has 0 radical (unpaired) electrons. The summed E-state index contributed by atoms with van der Waals surface area (Å²) >= 11 is 0. The second-order valence-electron chi connectivity index (χ2n) is 6.78. The van der Waals surface area contributed by atoms with E-state index in [9.17, 15) is 4.79 Å². The van der Waals surface area contributed by atoms with Crippen LogP contribution in [0, 0.1) is 0 Å². The number of carbonyl (C=O) groups is 1. The molecule has 0 atom stereocenters. The Bertz CT molecular complexity index is 1130. The second kappa shape index (κ2) is 8.75. The zero-order valence-electron chi connectivity index (χ0n) is 17.5. The quantitative estimate of drug-likeness (QED) is 0.556. The summed E-state index contributed by atoms with van der Waals surface area (Å²) in [6.45, 7) is 0. The van der Waals surface area contributed by atoms with Gasteiger partial charge in [-0.3, -0.25) is 4.79 Å². The number of ether oxygens (including phenoxy) is 3. The van der Waals surface area contributed by atoms with Crippen LogP contribution in [-0.4, -0.2) is 32.9 Å². The molecule has 31 heavy (non-hydrogen) atoms. The van der Waals surface area contributed by atoms with Crippen LogP contribution >= 0.6 is 0 Å². The number of nitrogens with zero attached hydrogens (tertiary/aromatic N) is 2. The van der Waals surface area contributed by atoms with Crippen molar-refractivity contribution in [2.45, 2.75) is 0 Å². The molecule has 0 N–H and O–H groups in total. The Labute approximate surface area is 181 Å². The Morgan fingerprint density at radius 3 is 1.94 bits per heavy atom. The van der Waals surface area contributed by atoms with Gasteiger partial charge < -0.3 is 14.2 Å². The molecule has 0 saturated heterocycles. The third kappa shape index (κ3) is 3.88. The van der Waals surface area contributed by atoms with E-state index in [1.165, 1.54) is 5.01 Å². The number of benzene rings is 3. The number of hydrogen-bond acceptors (Lipinski definition) is 5. The minimum absolute atomic E-state index is 0.209. The molecule has 0 aromatic heterocycles. The van der Waals surface area contributed by atoms with Crippen molar-refractivity contribution in [1.29, 1.82) is 0 Å². The van der Waals surface area contributed by atoms with E-state index < -0.39 is 0 Å². The molecule has 0 aliphatic carbocycles. The molecular formula is C25H22N2O4. The summed E-state index contributed by atoms with van der Waals surface area (Å²) in [6.07, 6.45) is 1.84. The molecule has 6 nitrogen and oxygen atoms in total. The Morgan fingerprint density at radius 1 is 0.806 bits per heavy atom. The van der Waals surface area contributed by atoms with Crippen molar-refractivity contribution >= 4 is 23.4 Å². The largest absolute Gasteiger partial charge is 0.493 e. The number of hydrogen-bond donors (Lipinski definition) is 0. The highest BCUT2D eigenvalue weighted by molar-refractivity contribution is 6.37. The number of amides is 1. The zero-order valence-corrected chi connectivity index (χ0v) is 17.5. The maximum atomic E-state index is 13.4. The van der Waals surface area contributed by atoms with E-state index in [1.54, 1.807) is 33.5 Å². The molecule has 3 aromatic carbocycles. The van der Waals surface area contributed by atoms with Gasteiger partial charge in [0.2, 0.25) is 5.75 Å². The first-order chi connectivity index (χ1) is 15.2. The molecule has 3 aromatic rings. The third-order valence-corrected chi connectivity index (χ3v) is 4.93. The van der Waals surface area contributed by atoms with Crippen LogP contribution < -0.4 is 19.2 Å². The van der Waals surface area contributed by atoms with Crippen LogP contribution in [0.1, 0.15) is 11.1 Å². The molecule has 0 fully saturated rings. The molecule has 0 spiro atoms. The molecule has 156 valence electrons. The zero-order chi connectivity index (χ0) is 21.8. The second-order valence-corrected chi connectivity index (χ2v) is 6.78. The third-order valence-electron chi connectivity index (χ3n) is 4.93. The normalized spacial score (nSPS) is 14.5. The van der Waals surface area contributed by atoms with Crippen molar-refractivity contribution in [2.24, 2.45) is 5.10 Å². The smallest absolute Gasteiger partial charge is 0.281 e. The van der Waals surface area contributed by atoms with Gasteiger partial charge in [-0.1, -0.05) is 48.5 Å². The molecular weight excluding hydrogens is 392 g/mol. The van der Waals surface area contributed by atoms with Crippen molar-refractivity contribution in [3.8, 4) is 17.2 Å². The molecule has 1 aliphatic rings. The van der Waals surface area contributed by atoms with Crippen LogP contribution in [0.15, 0.2) is 83.5 Å². The topological polar surface area (TPSA) is 60.4 Å². The maximum absolute atomic E-state index is 13.4. The van der Waals surface area contributed by atoms with E-state index in [4.69, 9.17) is 14.2 Å². The van der Waals surface area contributed by atoms with Gasteiger partial charge in [0.15, 0.2) is 11.5 Å². The molecule has 4 rings (SSSR count). The molecule has 1 amide bonds. The number of anilines is 1. The van der Waals surface area contributed by atoms with E-state index in [-0.39, 0.29) is 5.91 Å². The highest BCUT2D eigenvalue weighted by Gasteiger charge is 2.33. The van der Waals surface area contributed by atoms with Crippen molar-refractivity contribution in [2.75, 3.05) is 26.3 Å². The van der Waals surface area contributed by atoms with E-state index in [1.807, 2.05) is 66.7 Å². The average molecular weight is 414 g/mol. The highest BCUT2D eigenvalue weighted by atomic mass is 16.5. The lowest BCUT2D eigenvalue weighted by atomic mass is 9.99. The summed E-state index contributed by atoms with van der Waals surface area (Å²) in [5.41, 5.74) is 3.28. The molecule has 1 aliphatic heterocycles. The first-order valence-corrected chi connectivity index (χ1v) is 9.72. The summed E-state index contributed by atoms with van der Waals surface area (Å²) < 4.78 is 16.4. The lowest BCUT2D eigenvalue weighted by Gasteiger charge is -2.14. The van der Waals surface area contributed by atoms with Gasteiger partial charge in [0.05, 0.1) is 32.6 Å². The van der Waals surface area contributed by atoms with E-state index in [2.05, 4.69) is 5.10 Å². The van der Waals surface area contributed by atoms with Crippen LogP contribution in [0.25, 0.3) is 6.08 Å². The number of para-hydroxylation sites is 1. The van der Waals surface area contributed by atoms with Crippen LogP contribution in [0.3, 0.4) is 0 Å². The van der Waals surface area contributed by atoms with Crippen molar-refractivity contribution in [3.63, 3.8) is 0 Å². The fourth-order valence-corrected chi connectivity index (χ4v) is 3.44. The standard InChI is InChI=1S/C25H22N2O4/c1-29-21-15-18(16-22(30-2)24(21)31-3)23-20(14-17-10-6-4-7-11-17)25(28)27(26-23)19-12-8-5-9-13-19/h4-16H,1-3H3/b20-14+. The monoisotopic (exact) mass is 414 g/mol. The number of carbonyl (C=O) groups excluding carboxylic acids is 1. The summed E-state index contributed by atoms with van der Waals surface area (Å²) in [5.74, 6) is 1.25. The van der Waals surface area contributed by atoms with Crippen molar-refractivity contribution in [1.82, 2.24) is 0 Å². The minimum atomic E-state index is -0.209. The summed E-state index contributed by atoms with van der Waals surface area (Å²) in [4.78, 5) is 13.4. The predicted molar refractivity (Wildman–Crippen MR) is 121 cm³/mol. The van der Waals surface area contributed by atoms with Gasteiger partial charge in [-0.2, -0.15) is 10.1 Å². The summed E-state index contributed by atoms with van der Waals surface area (Å²) in [6, 6.07) is 22.6. The highest BCUT2D eigenvalue weighted by Crippen LogP contribution is 2.40. The maximum Gasteiger partial charge on any atom is 0.281 e. The van der Waals surface area contributed by atoms with Crippen LogP contribution in [-0.2, 0) is 4.79 Å². The molecule has 1 heterocycles. The lowest BCUT2D eigenvalue weighted by Crippen LogP contribution is -2.21. The van der Waals surface area contributed by atoms with Gasteiger partial charge in [-0.15, -0.1) is 0 Å². The Hall–Kier alpha value is -4.06. The SMILES string of the molecule is COc1cc(C2=NN(c3ccccc3)C(=O)/C2=C/c2ccccc2)cc(OC)c1OC. The Balaban J connectivity index is 1.89. The summed E-state index contributed by atoms with van der Waals surface area (Å²) in [5, 5.41) is 6.08. The predicted octanol–water partition coefficient (Wildman–Crippen LogP) is 4.55. The number of rotatable bonds is 6. The van der Waals surface area contributed by atoms with Gasteiger partial charge in [0.1, 0.15) is 5.71 Å². The van der Waals surface area contributed by atoms with Crippen LogP contribution in [0.4, 0.5) is 5.69 Å². The fraction of sp³-hybridized carbons (Fsp3) is 0.120. The van der Waals surface area contributed by atoms with Crippen LogP contribution in [0.2, 0.25) is 0 Å². The van der Waals surface area contributed by atoms with Gasteiger partial charge in [0.25, 0.3) is 5.91 Å². The molecule has 6 heteroatoms. The van der Waals surface area contributed by atoms with E-state index >= 15 is 0 Å². The number of methoxy groups -OCH3 is 3. The van der Waals surface area contributed by atoms with E-state index in [0.717, 1.165) is 5.56 Å². The lowest BCUT2D eigenvalue weighted by molar-refractivity contribution is -0.114. The first-order valence-electron chi connectivity index (χ1n) is 9.72. The van der Waals surface area contributed by atoms with Crippen molar-refractivity contribution < 1.29 is 19.0 Å². The molecule has 0 bridgehead atoms. The van der Waals surface area contributed by atoms with Crippen molar-refractivity contribution in [3.05, 3.63) is 89.5 Å². The average Bonchev–Trinajstić information content (AvgIpc) is 3.15. The van der Waals surface area contributed by atoms with E-state index in [0.29, 0.717) is 39.8 Å². The Kier molecular flexibility index (Phi) is 5.71. The Morgan fingerprint density at radius 2 is 1.39 bits per heavy atom. The molecule has 0 saturated carbocycles. The summed E-state index contributed by atoms with van der Waals surface area (Å²) in [7, 11) is 4.66. The van der Waals surface area contributed by atoms with Crippen LogP contribution in [0.5, 0.6) is 17.2 Å². The first kappa shape index (κ1) is 20.2. The van der Waals surface area contributed by atoms with Gasteiger partial charge in [-0.05, 0) is 35.9 Å². The van der Waals surface area contributed by atoms with Gasteiger partial charge in [-0.25, -0.2) is 0 Å². The molecule has 0 unspecified atom stereocenters. The number of hydrazone groups is 1.